The summed E-state index contributed by atoms with van der Waals surface area (Å²) in [5.41, 5.74) is 2.31. The summed E-state index contributed by atoms with van der Waals surface area (Å²) in [5, 5.41) is 0. The molecule has 3 heteroatoms. The van der Waals surface area contributed by atoms with Crippen LogP contribution in [0.15, 0.2) is 30.3 Å². The number of aryl methyl sites for hydroxylation is 1. The van der Waals surface area contributed by atoms with E-state index in [0.29, 0.717) is 0 Å². The Morgan fingerprint density at radius 2 is 2.25 bits per heavy atom. The molecule has 0 N–H and O–H groups in total. The van der Waals surface area contributed by atoms with Crippen LogP contribution in [0.3, 0.4) is 0 Å². The number of hydrogen-bond acceptors (Lipinski definition) is 2. The highest BCUT2D eigenvalue weighted by Crippen LogP contribution is 2.14. The summed E-state index contributed by atoms with van der Waals surface area (Å²) in [4.78, 5) is 13.6. The fourth-order valence-corrected chi connectivity index (χ4v) is 2.58. The maximum atomic E-state index is 11.8. The first-order valence-electron chi connectivity index (χ1n) is 5.38. The fraction of sp³-hybridized carbons (Fsp3) is 0.308. The van der Waals surface area contributed by atoms with Crippen molar-refractivity contribution in [3.63, 3.8) is 0 Å². The van der Waals surface area contributed by atoms with Crippen LogP contribution >= 0.6 is 11.8 Å². The van der Waals surface area contributed by atoms with Gasteiger partial charge < -0.3 is 4.90 Å². The molecule has 2 nitrogen and oxygen atoms in total. The summed E-state index contributed by atoms with van der Waals surface area (Å²) in [6.45, 7) is 2.93. The van der Waals surface area contributed by atoms with Crippen LogP contribution in [0.2, 0.25) is 0 Å². The highest BCUT2D eigenvalue weighted by atomic mass is 32.2. The van der Waals surface area contributed by atoms with Crippen LogP contribution in [0.5, 0.6) is 0 Å². The Kier molecular flexibility index (Phi) is 3.67. The summed E-state index contributed by atoms with van der Waals surface area (Å²) in [6, 6.07) is 8.07. The Hall–Kier alpha value is -1.22. The highest BCUT2D eigenvalue weighted by Gasteiger charge is 2.15. The van der Waals surface area contributed by atoms with Gasteiger partial charge in [0.25, 0.3) is 0 Å². The number of rotatable bonds is 2. The molecule has 0 aliphatic carbocycles. The maximum absolute atomic E-state index is 11.8. The lowest BCUT2D eigenvalue weighted by Crippen LogP contribution is -2.25. The molecule has 1 saturated heterocycles. The van der Waals surface area contributed by atoms with Crippen LogP contribution in [0.1, 0.15) is 11.1 Å². The molecular formula is C13H15NOS. The zero-order valence-corrected chi connectivity index (χ0v) is 10.2. The van der Waals surface area contributed by atoms with Crippen LogP contribution in [-0.2, 0) is 4.79 Å². The van der Waals surface area contributed by atoms with Gasteiger partial charge in [-0.15, -0.1) is 11.8 Å². The molecule has 84 valence electrons. The van der Waals surface area contributed by atoms with Crippen LogP contribution in [0.25, 0.3) is 6.08 Å². The molecule has 1 aliphatic rings. The van der Waals surface area contributed by atoms with Gasteiger partial charge >= 0.3 is 0 Å². The Morgan fingerprint density at radius 3 is 2.94 bits per heavy atom. The number of carbonyl (C=O) groups is 1. The average Bonchev–Trinajstić information content (AvgIpc) is 2.81. The predicted molar refractivity (Wildman–Crippen MR) is 69.3 cm³/mol. The zero-order chi connectivity index (χ0) is 11.4. The minimum atomic E-state index is 0.119. The van der Waals surface area contributed by atoms with Crippen molar-refractivity contribution in [1.29, 1.82) is 0 Å². The molecular weight excluding hydrogens is 218 g/mol. The number of amides is 1. The van der Waals surface area contributed by atoms with Crippen molar-refractivity contribution in [1.82, 2.24) is 4.90 Å². The van der Waals surface area contributed by atoms with Crippen molar-refractivity contribution in [3.8, 4) is 0 Å². The van der Waals surface area contributed by atoms with Gasteiger partial charge in [-0.3, -0.25) is 4.79 Å². The monoisotopic (exact) mass is 233 g/mol. The molecule has 0 bridgehead atoms. The van der Waals surface area contributed by atoms with Crippen molar-refractivity contribution in [3.05, 3.63) is 41.5 Å². The van der Waals surface area contributed by atoms with Gasteiger partial charge in [-0.25, -0.2) is 0 Å². The van der Waals surface area contributed by atoms with Gasteiger partial charge in [0.2, 0.25) is 5.91 Å². The third-order valence-corrected chi connectivity index (χ3v) is 3.62. The molecule has 1 aromatic carbocycles. The molecule has 0 unspecified atom stereocenters. The lowest BCUT2D eigenvalue weighted by atomic mass is 10.1. The molecule has 0 atom stereocenters. The van der Waals surface area contributed by atoms with Crippen LogP contribution in [-0.4, -0.2) is 29.0 Å². The summed E-state index contributed by atoms with van der Waals surface area (Å²) in [5.74, 6) is 2.01. The van der Waals surface area contributed by atoms with E-state index in [4.69, 9.17) is 0 Å². The zero-order valence-electron chi connectivity index (χ0n) is 9.35. The van der Waals surface area contributed by atoms with E-state index in [2.05, 4.69) is 13.0 Å². The molecule has 0 spiro atoms. The van der Waals surface area contributed by atoms with Crippen molar-refractivity contribution in [2.45, 2.75) is 6.92 Å². The molecule has 1 fully saturated rings. The van der Waals surface area contributed by atoms with E-state index in [1.54, 1.807) is 17.8 Å². The normalized spacial score (nSPS) is 15.9. The first kappa shape index (κ1) is 11.3. The largest absolute Gasteiger partial charge is 0.329 e. The smallest absolute Gasteiger partial charge is 0.247 e. The Bertz CT molecular complexity index is 408. The van der Waals surface area contributed by atoms with Gasteiger partial charge in [0, 0.05) is 18.4 Å². The van der Waals surface area contributed by atoms with Crippen molar-refractivity contribution >= 4 is 23.7 Å². The fourth-order valence-electron chi connectivity index (χ4n) is 1.63. The number of nitrogens with zero attached hydrogens (tertiary/aromatic N) is 1. The van der Waals surface area contributed by atoms with Gasteiger partial charge in [-0.05, 0) is 24.1 Å². The standard InChI is InChI=1S/C13H15NOS/c1-11-4-2-3-5-12(11)6-7-13(15)14-8-9-16-10-14/h2-7H,8-10H2,1H3/b7-6+. The Labute approximate surface area is 100 Å². The molecule has 0 aromatic heterocycles. The lowest BCUT2D eigenvalue weighted by molar-refractivity contribution is -0.124. The SMILES string of the molecule is Cc1ccccc1/C=C/C(=O)N1CCSC1. The van der Waals surface area contributed by atoms with E-state index in [1.807, 2.05) is 29.2 Å². The molecule has 1 aromatic rings. The Balaban J connectivity index is 2.03. The minimum Gasteiger partial charge on any atom is -0.329 e. The highest BCUT2D eigenvalue weighted by molar-refractivity contribution is 7.99. The molecule has 2 rings (SSSR count). The molecule has 16 heavy (non-hydrogen) atoms. The number of carbonyl (C=O) groups excluding carboxylic acids is 1. The first-order chi connectivity index (χ1) is 7.77. The molecule has 1 aliphatic heterocycles. The molecule has 1 heterocycles. The molecule has 0 radical (unpaired) electrons. The second-order valence-corrected chi connectivity index (χ2v) is 4.90. The van der Waals surface area contributed by atoms with E-state index in [1.165, 1.54) is 5.56 Å². The molecule has 0 saturated carbocycles. The number of hydrogen-bond donors (Lipinski definition) is 0. The Morgan fingerprint density at radius 1 is 1.44 bits per heavy atom. The number of benzene rings is 1. The van der Waals surface area contributed by atoms with Crippen molar-refractivity contribution in [2.24, 2.45) is 0 Å². The third kappa shape index (κ3) is 2.67. The minimum absolute atomic E-state index is 0.119. The van der Waals surface area contributed by atoms with Crippen LogP contribution < -0.4 is 0 Å². The van der Waals surface area contributed by atoms with Gasteiger partial charge in [0.1, 0.15) is 0 Å². The summed E-state index contributed by atoms with van der Waals surface area (Å²) < 4.78 is 0. The first-order valence-corrected chi connectivity index (χ1v) is 6.53. The lowest BCUT2D eigenvalue weighted by Gasteiger charge is -2.10. The van der Waals surface area contributed by atoms with Crippen molar-refractivity contribution < 1.29 is 4.79 Å². The predicted octanol–water partition coefficient (Wildman–Crippen LogP) is 2.54. The molecule has 1 amide bonds. The summed E-state index contributed by atoms with van der Waals surface area (Å²) in [6.07, 6.45) is 3.58. The topological polar surface area (TPSA) is 20.3 Å². The second kappa shape index (κ2) is 5.21. The average molecular weight is 233 g/mol. The van der Waals surface area contributed by atoms with E-state index in [-0.39, 0.29) is 5.91 Å². The summed E-state index contributed by atoms with van der Waals surface area (Å²) in [7, 11) is 0. The van der Waals surface area contributed by atoms with E-state index < -0.39 is 0 Å². The number of thioether (sulfide) groups is 1. The van der Waals surface area contributed by atoms with Crippen molar-refractivity contribution in [2.75, 3.05) is 18.2 Å². The van der Waals surface area contributed by atoms with Crippen LogP contribution in [0, 0.1) is 6.92 Å². The summed E-state index contributed by atoms with van der Waals surface area (Å²) >= 11 is 1.81. The van der Waals surface area contributed by atoms with Gasteiger partial charge in [-0.1, -0.05) is 24.3 Å². The van der Waals surface area contributed by atoms with E-state index in [0.717, 1.165) is 23.7 Å². The third-order valence-electron chi connectivity index (χ3n) is 2.66. The maximum Gasteiger partial charge on any atom is 0.247 e. The van der Waals surface area contributed by atoms with E-state index in [9.17, 15) is 4.79 Å². The second-order valence-electron chi connectivity index (χ2n) is 3.83. The van der Waals surface area contributed by atoms with E-state index >= 15 is 0 Å². The van der Waals surface area contributed by atoms with Gasteiger partial charge in [0.15, 0.2) is 0 Å². The quantitative estimate of drug-likeness (QED) is 0.732. The van der Waals surface area contributed by atoms with Gasteiger partial charge in [0.05, 0.1) is 5.88 Å². The van der Waals surface area contributed by atoms with Crippen LogP contribution in [0.4, 0.5) is 0 Å². The van der Waals surface area contributed by atoms with Gasteiger partial charge in [-0.2, -0.15) is 0 Å².